The summed E-state index contributed by atoms with van der Waals surface area (Å²) in [5, 5.41) is 22.0. The van der Waals surface area contributed by atoms with Gasteiger partial charge in [-0.1, -0.05) is 13.0 Å². The fraction of sp³-hybridized carbons (Fsp3) is 0.462. The Morgan fingerprint density at radius 2 is 2.24 bits per heavy atom. The summed E-state index contributed by atoms with van der Waals surface area (Å²) in [5.74, 6) is 0.607. The topological polar surface area (TPSA) is 65.3 Å². The van der Waals surface area contributed by atoms with Crippen molar-refractivity contribution in [1.82, 2.24) is 0 Å². The molecule has 0 radical (unpaired) electrons. The minimum atomic E-state index is -0.798. The number of aliphatic hydroxyl groups is 1. The van der Waals surface area contributed by atoms with Crippen molar-refractivity contribution in [3.8, 4) is 11.8 Å². The monoisotopic (exact) mass is 234 g/mol. The Kier molecular flexibility index (Phi) is 4.36. The highest BCUT2D eigenvalue weighted by molar-refractivity contribution is 5.66. The summed E-state index contributed by atoms with van der Waals surface area (Å²) in [6, 6.07) is 7.36. The van der Waals surface area contributed by atoms with Gasteiger partial charge in [-0.3, -0.25) is 0 Å². The van der Waals surface area contributed by atoms with Crippen LogP contribution in [0.25, 0.3) is 0 Å². The van der Waals surface area contributed by atoms with Gasteiger partial charge in [-0.25, -0.2) is 0 Å². The van der Waals surface area contributed by atoms with E-state index in [9.17, 15) is 5.11 Å². The Labute approximate surface area is 102 Å². The summed E-state index contributed by atoms with van der Waals surface area (Å²) in [6.45, 7) is 4.04. The van der Waals surface area contributed by atoms with Crippen molar-refractivity contribution in [2.75, 3.05) is 19.0 Å². The first-order valence-corrected chi connectivity index (χ1v) is 5.57. The second-order valence-electron chi connectivity index (χ2n) is 4.20. The summed E-state index contributed by atoms with van der Waals surface area (Å²) in [6.07, 6.45) is 0.636. The molecule has 0 saturated heterocycles. The van der Waals surface area contributed by atoms with E-state index in [-0.39, 0.29) is 0 Å². The van der Waals surface area contributed by atoms with Crippen molar-refractivity contribution in [1.29, 1.82) is 5.26 Å². The number of nitrogens with one attached hydrogen (secondary N) is 1. The molecule has 0 amide bonds. The van der Waals surface area contributed by atoms with Crippen LogP contribution in [0.5, 0.6) is 5.75 Å². The fourth-order valence-electron chi connectivity index (χ4n) is 1.38. The van der Waals surface area contributed by atoms with Gasteiger partial charge in [0.2, 0.25) is 0 Å². The molecule has 0 fully saturated rings. The molecular formula is C13H18N2O2. The Morgan fingerprint density at radius 1 is 1.53 bits per heavy atom. The number of ether oxygens (including phenoxy) is 1. The smallest absolute Gasteiger partial charge is 0.143 e. The Bertz CT molecular complexity index is 422. The molecule has 1 aromatic carbocycles. The van der Waals surface area contributed by atoms with Crippen molar-refractivity contribution in [3.05, 3.63) is 23.8 Å². The molecule has 0 bridgehead atoms. The van der Waals surface area contributed by atoms with Crippen LogP contribution in [0.2, 0.25) is 0 Å². The highest BCUT2D eigenvalue weighted by Gasteiger charge is 2.18. The predicted molar refractivity (Wildman–Crippen MR) is 67.1 cm³/mol. The fourth-order valence-corrected chi connectivity index (χ4v) is 1.38. The molecular weight excluding hydrogens is 216 g/mol. The van der Waals surface area contributed by atoms with Crippen LogP contribution in [-0.4, -0.2) is 24.4 Å². The molecule has 0 aliphatic rings. The van der Waals surface area contributed by atoms with Gasteiger partial charge in [0.05, 0.1) is 24.0 Å². The molecule has 4 heteroatoms. The molecule has 1 unspecified atom stereocenters. The minimum Gasteiger partial charge on any atom is -0.495 e. The van der Waals surface area contributed by atoms with Crippen LogP contribution in [0.3, 0.4) is 0 Å². The predicted octanol–water partition coefficient (Wildman–Crippen LogP) is 2.14. The van der Waals surface area contributed by atoms with E-state index in [1.165, 1.54) is 0 Å². The molecule has 0 aliphatic carbocycles. The largest absolute Gasteiger partial charge is 0.495 e. The average Bonchev–Trinajstić information content (AvgIpc) is 2.35. The van der Waals surface area contributed by atoms with Gasteiger partial charge < -0.3 is 15.2 Å². The maximum atomic E-state index is 9.93. The van der Waals surface area contributed by atoms with E-state index >= 15 is 0 Å². The van der Waals surface area contributed by atoms with Crippen LogP contribution in [0.4, 0.5) is 5.69 Å². The summed E-state index contributed by atoms with van der Waals surface area (Å²) in [7, 11) is 1.56. The van der Waals surface area contributed by atoms with E-state index in [1.807, 2.05) is 6.92 Å². The van der Waals surface area contributed by atoms with Crippen molar-refractivity contribution >= 4 is 5.69 Å². The van der Waals surface area contributed by atoms with Crippen molar-refractivity contribution in [2.24, 2.45) is 0 Å². The molecule has 0 aromatic heterocycles. The number of methoxy groups -OCH3 is 1. The van der Waals surface area contributed by atoms with Gasteiger partial charge in [0.25, 0.3) is 0 Å². The lowest BCUT2D eigenvalue weighted by Crippen LogP contribution is -2.32. The number of hydrogen-bond acceptors (Lipinski definition) is 4. The van der Waals surface area contributed by atoms with Crippen molar-refractivity contribution < 1.29 is 9.84 Å². The second kappa shape index (κ2) is 5.55. The van der Waals surface area contributed by atoms with Gasteiger partial charge in [-0.2, -0.15) is 5.26 Å². The zero-order valence-corrected chi connectivity index (χ0v) is 10.4. The lowest BCUT2D eigenvalue weighted by molar-refractivity contribution is 0.0697. The molecule has 1 rings (SSSR count). The van der Waals surface area contributed by atoms with E-state index in [0.717, 1.165) is 0 Å². The van der Waals surface area contributed by atoms with Crippen LogP contribution in [-0.2, 0) is 0 Å². The van der Waals surface area contributed by atoms with Gasteiger partial charge in [-0.05, 0) is 25.5 Å². The number of anilines is 1. The Hall–Kier alpha value is -1.73. The molecule has 0 heterocycles. The third-order valence-electron chi connectivity index (χ3n) is 2.77. The lowest BCUT2D eigenvalue weighted by atomic mass is 10.0. The van der Waals surface area contributed by atoms with Crippen LogP contribution in [0.1, 0.15) is 25.8 Å². The van der Waals surface area contributed by atoms with Gasteiger partial charge >= 0.3 is 0 Å². The number of rotatable bonds is 5. The van der Waals surface area contributed by atoms with E-state index in [0.29, 0.717) is 30.0 Å². The summed E-state index contributed by atoms with van der Waals surface area (Å²) < 4.78 is 5.19. The highest BCUT2D eigenvalue weighted by atomic mass is 16.5. The first kappa shape index (κ1) is 13.3. The first-order valence-electron chi connectivity index (χ1n) is 5.57. The number of hydrogen-bond donors (Lipinski definition) is 2. The number of nitrogens with zero attached hydrogens (tertiary/aromatic N) is 1. The lowest BCUT2D eigenvalue weighted by Gasteiger charge is -2.23. The standard InChI is InChI=1S/C13H18N2O2/c1-4-13(2,16)9-15-12-10(8-14)6-5-7-11(12)17-3/h5-7,15-16H,4,9H2,1-3H3. The van der Waals surface area contributed by atoms with Gasteiger partial charge in [0.1, 0.15) is 11.8 Å². The Morgan fingerprint density at radius 3 is 2.76 bits per heavy atom. The molecule has 17 heavy (non-hydrogen) atoms. The Balaban J connectivity index is 2.93. The van der Waals surface area contributed by atoms with Gasteiger partial charge in [-0.15, -0.1) is 0 Å². The molecule has 92 valence electrons. The van der Waals surface area contributed by atoms with Crippen LogP contribution in [0.15, 0.2) is 18.2 Å². The third-order valence-corrected chi connectivity index (χ3v) is 2.77. The molecule has 2 N–H and O–H groups in total. The SMILES string of the molecule is CCC(C)(O)CNc1c(C#N)cccc1OC. The second-order valence-corrected chi connectivity index (χ2v) is 4.20. The molecule has 0 spiro atoms. The van der Waals surface area contributed by atoms with E-state index in [2.05, 4.69) is 11.4 Å². The quantitative estimate of drug-likeness (QED) is 0.819. The van der Waals surface area contributed by atoms with Gasteiger partial charge in [0.15, 0.2) is 0 Å². The van der Waals surface area contributed by atoms with E-state index in [1.54, 1.807) is 32.2 Å². The molecule has 1 aromatic rings. The number of para-hydroxylation sites is 1. The average molecular weight is 234 g/mol. The van der Waals surface area contributed by atoms with E-state index in [4.69, 9.17) is 10.00 Å². The summed E-state index contributed by atoms with van der Waals surface area (Å²) in [5.41, 5.74) is 0.343. The first-order chi connectivity index (χ1) is 8.04. The highest BCUT2D eigenvalue weighted by Crippen LogP contribution is 2.28. The van der Waals surface area contributed by atoms with Crippen LogP contribution in [0, 0.1) is 11.3 Å². The number of benzene rings is 1. The zero-order valence-electron chi connectivity index (χ0n) is 10.4. The normalized spacial score (nSPS) is 13.6. The number of nitriles is 1. The maximum Gasteiger partial charge on any atom is 0.143 e. The van der Waals surface area contributed by atoms with Crippen molar-refractivity contribution in [3.63, 3.8) is 0 Å². The maximum absolute atomic E-state index is 9.93. The minimum absolute atomic E-state index is 0.374. The van der Waals surface area contributed by atoms with Crippen LogP contribution < -0.4 is 10.1 Å². The molecule has 4 nitrogen and oxygen atoms in total. The third kappa shape index (κ3) is 3.36. The molecule has 0 aliphatic heterocycles. The van der Waals surface area contributed by atoms with Crippen molar-refractivity contribution in [2.45, 2.75) is 25.9 Å². The molecule has 1 atom stereocenters. The molecule has 0 saturated carbocycles. The van der Waals surface area contributed by atoms with E-state index < -0.39 is 5.60 Å². The zero-order chi connectivity index (χ0) is 12.9. The summed E-state index contributed by atoms with van der Waals surface area (Å²) >= 11 is 0. The summed E-state index contributed by atoms with van der Waals surface area (Å²) in [4.78, 5) is 0. The van der Waals surface area contributed by atoms with Crippen LogP contribution >= 0.6 is 0 Å². The van der Waals surface area contributed by atoms with Gasteiger partial charge in [0, 0.05) is 6.54 Å².